The van der Waals surface area contributed by atoms with Crippen molar-refractivity contribution in [2.45, 2.75) is 98.8 Å². The van der Waals surface area contributed by atoms with E-state index < -0.39 is 0 Å². The normalized spacial score (nSPS) is 12.3. The lowest BCUT2D eigenvalue weighted by Crippen LogP contribution is -2.15. The summed E-state index contributed by atoms with van der Waals surface area (Å²) in [5, 5.41) is 22.4. The zero-order valence-corrected chi connectivity index (χ0v) is 49.7. The molecule has 12 aromatic carbocycles. The van der Waals surface area contributed by atoms with Crippen LogP contribution in [-0.2, 0) is 10.8 Å². The lowest BCUT2D eigenvalue weighted by Gasteiger charge is -2.32. The number of aromatic hydroxyl groups is 1. The Morgan fingerprint density at radius 3 is 1.35 bits per heavy atom. The third kappa shape index (κ3) is 9.16. The molecule has 13 aromatic rings. The summed E-state index contributed by atoms with van der Waals surface area (Å²) in [6.07, 6.45) is 0. The zero-order valence-electron chi connectivity index (χ0n) is 49.7. The van der Waals surface area contributed by atoms with Gasteiger partial charge < -0.3 is 19.3 Å². The van der Waals surface area contributed by atoms with E-state index in [-0.39, 0.29) is 28.4 Å². The van der Waals surface area contributed by atoms with Crippen LogP contribution in [0.15, 0.2) is 223 Å². The molecule has 0 aliphatic carbocycles. The highest BCUT2D eigenvalue weighted by Gasteiger charge is 2.30. The van der Waals surface area contributed by atoms with E-state index in [0.29, 0.717) is 5.69 Å². The van der Waals surface area contributed by atoms with Crippen LogP contribution in [0.5, 0.6) is 5.75 Å². The molecular formula is C79H72N2O2. The molecule has 0 spiro atoms. The van der Waals surface area contributed by atoms with Crippen LogP contribution in [0.1, 0.15) is 109 Å². The molecule has 0 bridgehead atoms. The fraction of sp³-hybridized carbons (Fsp3) is 0.190. The van der Waals surface area contributed by atoms with E-state index in [0.717, 1.165) is 89.0 Å². The summed E-state index contributed by atoms with van der Waals surface area (Å²) in [5.74, 6) is 0.574. The number of phenols is 1. The van der Waals surface area contributed by atoms with Gasteiger partial charge in [-0.2, -0.15) is 0 Å². The minimum absolute atomic E-state index is 0.0349. The molecule has 13 rings (SSSR count). The van der Waals surface area contributed by atoms with Crippen LogP contribution in [0.4, 0.5) is 34.1 Å². The van der Waals surface area contributed by atoms with Crippen molar-refractivity contribution in [3.05, 3.63) is 246 Å². The van der Waals surface area contributed by atoms with Crippen molar-refractivity contribution in [2.75, 3.05) is 9.80 Å². The number of hydrogen-bond donors (Lipinski definition) is 1. The first kappa shape index (κ1) is 53.2. The second kappa shape index (κ2) is 20.4. The van der Waals surface area contributed by atoms with Gasteiger partial charge in [-0.1, -0.05) is 233 Å². The summed E-state index contributed by atoms with van der Waals surface area (Å²) in [5.41, 5.74) is 19.8. The second-order valence-electron chi connectivity index (χ2n) is 25.5. The molecule has 0 saturated carbocycles. The zero-order chi connectivity index (χ0) is 57.6. The summed E-state index contributed by atoms with van der Waals surface area (Å²) in [7, 11) is 0. The van der Waals surface area contributed by atoms with Crippen LogP contribution >= 0.6 is 0 Å². The summed E-state index contributed by atoms with van der Waals surface area (Å²) in [4.78, 5) is 4.77. The van der Waals surface area contributed by atoms with E-state index in [9.17, 15) is 5.11 Å². The van der Waals surface area contributed by atoms with Gasteiger partial charge in [0, 0.05) is 44.0 Å². The molecule has 410 valence electrons. The van der Waals surface area contributed by atoms with Crippen molar-refractivity contribution in [3.63, 3.8) is 0 Å². The topological polar surface area (TPSA) is 39.9 Å². The quantitative estimate of drug-likeness (QED) is 0.131. The average molecular weight is 1080 g/mol. The van der Waals surface area contributed by atoms with Gasteiger partial charge in [0.05, 0.1) is 22.7 Å². The van der Waals surface area contributed by atoms with Gasteiger partial charge in [-0.25, -0.2) is 0 Å². The third-order valence-electron chi connectivity index (χ3n) is 17.3. The number of aryl methyl sites for hydroxylation is 1. The number of anilines is 6. The van der Waals surface area contributed by atoms with E-state index in [4.69, 9.17) is 4.42 Å². The molecule has 0 atom stereocenters. The van der Waals surface area contributed by atoms with E-state index in [2.05, 4.69) is 298 Å². The van der Waals surface area contributed by atoms with E-state index in [1.165, 1.54) is 54.9 Å². The van der Waals surface area contributed by atoms with Crippen molar-refractivity contribution in [3.8, 4) is 39.1 Å². The lowest BCUT2D eigenvalue weighted by atomic mass is 9.83. The monoisotopic (exact) mass is 1080 g/mol. The Kier molecular flexibility index (Phi) is 13.1. The Morgan fingerprint density at radius 1 is 0.361 bits per heavy atom. The number of phenolic OH excluding ortho intramolecular Hbond substituents is 1. The number of fused-ring (bicyclic) bond motifs is 3. The third-order valence-corrected chi connectivity index (χ3v) is 17.3. The van der Waals surface area contributed by atoms with Crippen LogP contribution in [0.2, 0.25) is 0 Å². The standard InChI is InChI=1S/C79H72N2O2/c1-48(2)67-46-71(80(56-37-33-54(34-38-56)78(6,7)8)69-31-19-27-59(75(69)82)53-25-17-24-52(45-53)58-26-16-15-21-50(58)5)65-43-41-62-68(49(3)4)47-72(66-44-42-61(67)73(65)74(62)66)81(57-39-35-55(36-40-57)79(9,10)11)70-32-20-30-64-63-29-18-28-60(76(63)83-77(64)70)51-22-13-12-14-23-51/h12-49,82H,1-11H3. The molecule has 0 saturated heterocycles. The van der Waals surface area contributed by atoms with Crippen LogP contribution < -0.4 is 9.80 Å². The van der Waals surface area contributed by atoms with Gasteiger partial charge in [0.2, 0.25) is 0 Å². The minimum atomic E-state index is -0.0548. The van der Waals surface area contributed by atoms with Gasteiger partial charge >= 0.3 is 0 Å². The van der Waals surface area contributed by atoms with Crippen molar-refractivity contribution in [2.24, 2.45) is 0 Å². The minimum Gasteiger partial charge on any atom is -0.505 e. The number of rotatable bonds is 11. The van der Waals surface area contributed by atoms with Crippen LogP contribution in [-0.4, -0.2) is 5.11 Å². The summed E-state index contributed by atoms with van der Waals surface area (Å²) in [6.45, 7) is 25.0. The smallest absolute Gasteiger partial charge is 0.159 e. The number of para-hydroxylation sites is 3. The van der Waals surface area contributed by atoms with Gasteiger partial charge in [-0.3, -0.25) is 0 Å². The Balaban J connectivity index is 1.10. The molecule has 0 fully saturated rings. The number of furan rings is 1. The molecule has 0 radical (unpaired) electrons. The Morgan fingerprint density at radius 2 is 0.795 bits per heavy atom. The molecule has 83 heavy (non-hydrogen) atoms. The molecule has 1 N–H and O–H groups in total. The summed E-state index contributed by atoms with van der Waals surface area (Å²) in [6, 6.07) is 79.5. The number of hydrogen-bond acceptors (Lipinski definition) is 4. The summed E-state index contributed by atoms with van der Waals surface area (Å²) < 4.78 is 7.28. The number of benzene rings is 12. The highest BCUT2D eigenvalue weighted by molar-refractivity contribution is 6.30. The van der Waals surface area contributed by atoms with Crippen LogP contribution in [0.3, 0.4) is 0 Å². The summed E-state index contributed by atoms with van der Waals surface area (Å²) >= 11 is 0. The first-order chi connectivity index (χ1) is 39.9. The molecule has 0 amide bonds. The molecular weight excluding hydrogens is 1010 g/mol. The van der Waals surface area contributed by atoms with Crippen molar-refractivity contribution >= 4 is 88.4 Å². The number of nitrogens with zero attached hydrogens (tertiary/aromatic N) is 2. The maximum Gasteiger partial charge on any atom is 0.159 e. The lowest BCUT2D eigenvalue weighted by molar-refractivity contribution is 0.478. The molecule has 1 heterocycles. The second-order valence-corrected chi connectivity index (χ2v) is 25.5. The van der Waals surface area contributed by atoms with E-state index in [1.807, 2.05) is 6.07 Å². The van der Waals surface area contributed by atoms with Crippen LogP contribution in [0, 0.1) is 6.92 Å². The van der Waals surface area contributed by atoms with Gasteiger partial charge in [0.1, 0.15) is 11.3 Å². The van der Waals surface area contributed by atoms with Gasteiger partial charge in [0.15, 0.2) is 5.58 Å². The maximum absolute atomic E-state index is 13.1. The largest absolute Gasteiger partial charge is 0.505 e. The highest BCUT2D eigenvalue weighted by Crippen LogP contribution is 2.54. The van der Waals surface area contributed by atoms with Crippen molar-refractivity contribution in [1.82, 2.24) is 0 Å². The fourth-order valence-corrected chi connectivity index (χ4v) is 12.9. The van der Waals surface area contributed by atoms with Crippen molar-refractivity contribution < 1.29 is 9.52 Å². The van der Waals surface area contributed by atoms with Gasteiger partial charge in [-0.05, 0) is 156 Å². The molecule has 4 heteroatoms. The molecule has 0 aliphatic rings. The Hall–Kier alpha value is -9.12. The van der Waals surface area contributed by atoms with E-state index >= 15 is 0 Å². The van der Waals surface area contributed by atoms with E-state index in [1.54, 1.807) is 0 Å². The first-order valence-electron chi connectivity index (χ1n) is 29.5. The Labute approximate surface area is 489 Å². The molecule has 4 nitrogen and oxygen atoms in total. The first-order valence-corrected chi connectivity index (χ1v) is 29.5. The Bertz CT molecular complexity index is 4590. The average Bonchev–Trinajstić information content (AvgIpc) is 1.30. The fourth-order valence-electron chi connectivity index (χ4n) is 12.9. The molecule has 0 aliphatic heterocycles. The van der Waals surface area contributed by atoms with Gasteiger partial charge in [-0.15, -0.1) is 0 Å². The maximum atomic E-state index is 13.1. The predicted molar refractivity (Wildman–Crippen MR) is 355 cm³/mol. The molecule has 0 unspecified atom stereocenters. The SMILES string of the molecule is Cc1ccccc1-c1cccc(-c2cccc(N(c3ccc(C(C)(C)C)cc3)c3cc(C(C)C)c4ccc5c(N(c6ccc(C(C)(C)C)cc6)c6cccc7c6oc6c(-c8ccccc8)cccc67)cc(C(C)C)c6ccc3c4c65)c2O)c1. The predicted octanol–water partition coefficient (Wildman–Crippen LogP) is 23.3. The van der Waals surface area contributed by atoms with Crippen molar-refractivity contribution in [1.29, 1.82) is 0 Å². The van der Waals surface area contributed by atoms with Gasteiger partial charge in [0.25, 0.3) is 0 Å². The highest BCUT2D eigenvalue weighted by atomic mass is 16.3. The molecule has 1 aromatic heterocycles. The van der Waals surface area contributed by atoms with Crippen LogP contribution in [0.25, 0.3) is 87.6 Å².